The van der Waals surface area contributed by atoms with E-state index in [4.69, 9.17) is 4.74 Å². The molecular formula is C37H68N4O7. The van der Waals surface area contributed by atoms with Crippen LogP contribution in [0.25, 0.3) is 0 Å². The zero-order valence-electron chi connectivity index (χ0n) is 32.9. The minimum atomic E-state index is -0.811. The highest BCUT2D eigenvalue weighted by atomic mass is 16.5. The maximum absolute atomic E-state index is 13.2. The molecule has 48 heavy (non-hydrogen) atoms. The number of carbonyl (C=O) groups excluding carboxylic acids is 6. The second-order valence-electron chi connectivity index (χ2n) is 17.2. The Labute approximate surface area is 291 Å². The van der Waals surface area contributed by atoms with Gasteiger partial charge in [0.15, 0.2) is 0 Å². The second-order valence-corrected chi connectivity index (χ2v) is 17.2. The molecular weight excluding hydrogens is 612 g/mol. The largest absolute Gasteiger partial charge is 0.380 e. The summed E-state index contributed by atoms with van der Waals surface area (Å²) in [6.07, 6.45) is 2.27. The average molecular weight is 681 g/mol. The van der Waals surface area contributed by atoms with Crippen molar-refractivity contribution in [1.82, 2.24) is 20.4 Å². The van der Waals surface area contributed by atoms with Gasteiger partial charge in [-0.3, -0.25) is 28.9 Å². The van der Waals surface area contributed by atoms with Gasteiger partial charge in [-0.05, 0) is 40.5 Å². The Morgan fingerprint density at radius 1 is 0.750 bits per heavy atom. The van der Waals surface area contributed by atoms with E-state index in [1.54, 1.807) is 11.9 Å². The fourth-order valence-corrected chi connectivity index (χ4v) is 6.28. The normalized spacial score (nSPS) is 14.7. The molecule has 2 N–H and O–H groups in total. The predicted molar refractivity (Wildman–Crippen MR) is 190 cm³/mol. The van der Waals surface area contributed by atoms with Crippen molar-refractivity contribution in [3.05, 3.63) is 0 Å². The first-order valence-electron chi connectivity index (χ1n) is 17.4. The lowest BCUT2D eigenvalue weighted by Gasteiger charge is -2.41. The summed E-state index contributed by atoms with van der Waals surface area (Å²) in [6.45, 7) is 28.5. The first-order chi connectivity index (χ1) is 21.7. The van der Waals surface area contributed by atoms with Crippen molar-refractivity contribution in [3.63, 3.8) is 0 Å². The van der Waals surface area contributed by atoms with Crippen LogP contribution in [0.1, 0.15) is 135 Å². The minimum absolute atomic E-state index is 0.116. The molecule has 1 heterocycles. The van der Waals surface area contributed by atoms with Gasteiger partial charge in [0.05, 0.1) is 13.2 Å². The monoisotopic (exact) mass is 681 g/mol. The zero-order valence-corrected chi connectivity index (χ0v) is 32.9. The molecule has 0 radical (unpaired) electrons. The molecule has 1 rings (SSSR count). The molecule has 0 aromatic rings. The third-order valence-corrected chi connectivity index (χ3v) is 8.83. The third kappa shape index (κ3) is 14.0. The lowest BCUT2D eigenvalue weighted by atomic mass is 9.78. The molecule has 1 aliphatic heterocycles. The molecule has 0 spiro atoms. The smallest absolute Gasteiger partial charge is 0.230 e. The van der Waals surface area contributed by atoms with Crippen molar-refractivity contribution < 1.29 is 33.5 Å². The number of aldehydes is 1. The van der Waals surface area contributed by atoms with Gasteiger partial charge in [0, 0.05) is 78.6 Å². The number of carbonyl (C=O) groups is 6. The van der Waals surface area contributed by atoms with Gasteiger partial charge in [0.2, 0.25) is 29.5 Å². The number of hydrogen-bond donors (Lipinski definition) is 2. The highest BCUT2D eigenvalue weighted by Gasteiger charge is 2.45. The topological polar surface area (TPSA) is 142 Å². The second kappa shape index (κ2) is 17.7. The van der Waals surface area contributed by atoms with E-state index >= 15 is 0 Å². The molecule has 1 saturated heterocycles. The van der Waals surface area contributed by atoms with Gasteiger partial charge in [-0.25, -0.2) is 0 Å². The molecule has 11 nitrogen and oxygen atoms in total. The van der Waals surface area contributed by atoms with E-state index in [-0.39, 0.29) is 66.0 Å². The third-order valence-electron chi connectivity index (χ3n) is 8.83. The van der Waals surface area contributed by atoms with Crippen molar-refractivity contribution in [1.29, 1.82) is 0 Å². The van der Waals surface area contributed by atoms with Gasteiger partial charge in [0.1, 0.15) is 6.29 Å². The molecule has 0 unspecified atom stereocenters. The Kier molecular flexibility index (Phi) is 16.7. The fraction of sp³-hybridized carbons (Fsp3) is 0.838. The molecule has 0 aromatic heterocycles. The number of rotatable bonds is 19. The van der Waals surface area contributed by atoms with Crippen molar-refractivity contribution in [2.75, 3.05) is 33.4 Å². The van der Waals surface area contributed by atoms with Crippen LogP contribution in [-0.4, -0.2) is 90.1 Å². The van der Waals surface area contributed by atoms with E-state index < -0.39 is 21.9 Å². The van der Waals surface area contributed by atoms with E-state index in [2.05, 4.69) is 10.6 Å². The van der Waals surface area contributed by atoms with Crippen LogP contribution in [0.3, 0.4) is 0 Å². The molecule has 278 valence electrons. The number of imide groups is 1. The summed E-state index contributed by atoms with van der Waals surface area (Å²) in [5.74, 6) is -0.782. The van der Waals surface area contributed by atoms with Crippen LogP contribution in [0.5, 0.6) is 0 Å². The average Bonchev–Trinajstić information content (AvgIpc) is 3.30. The summed E-state index contributed by atoms with van der Waals surface area (Å²) in [5.41, 5.74) is -3.65. The van der Waals surface area contributed by atoms with Crippen LogP contribution >= 0.6 is 0 Å². The van der Waals surface area contributed by atoms with Crippen molar-refractivity contribution in [2.45, 2.75) is 147 Å². The molecule has 0 saturated carbocycles. The van der Waals surface area contributed by atoms with Crippen LogP contribution in [0.4, 0.5) is 0 Å². The molecule has 11 heteroatoms. The van der Waals surface area contributed by atoms with Gasteiger partial charge in [-0.1, -0.05) is 69.2 Å². The van der Waals surface area contributed by atoms with E-state index in [1.165, 1.54) is 4.90 Å². The Bertz CT molecular complexity index is 1120. The Morgan fingerprint density at radius 3 is 1.54 bits per heavy atom. The fourth-order valence-electron chi connectivity index (χ4n) is 6.28. The number of amides is 5. The molecule has 1 fully saturated rings. The van der Waals surface area contributed by atoms with Gasteiger partial charge in [-0.15, -0.1) is 0 Å². The summed E-state index contributed by atoms with van der Waals surface area (Å²) in [5, 5.41) is 6.11. The van der Waals surface area contributed by atoms with E-state index in [0.29, 0.717) is 39.1 Å². The highest BCUT2D eigenvalue weighted by Crippen LogP contribution is 2.35. The Balaban J connectivity index is 0.0000108. The molecule has 0 atom stereocenters. The molecule has 0 aromatic carbocycles. The van der Waals surface area contributed by atoms with Gasteiger partial charge >= 0.3 is 0 Å². The maximum Gasteiger partial charge on any atom is 0.230 e. The minimum Gasteiger partial charge on any atom is -0.380 e. The van der Waals surface area contributed by atoms with Crippen LogP contribution in [0.2, 0.25) is 0 Å². The highest BCUT2D eigenvalue weighted by molar-refractivity contribution is 6.02. The van der Waals surface area contributed by atoms with Crippen molar-refractivity contribution in [2.24, 2.45) is 21.7 Å². The summed E-state index contributed by atoms with van der Waals surface area (Å²) in [4.78, 5) is 77.1. The molecule has 5 amide bonds. The summed E-state index contributed by atoms with van der Waals surface area (Å²) < 4.78 is 6.09. The first kappa shape index (κ1) is 45.2. The van der Waals surface area contributed by atoms with Gasteiger partial charge in [-0.2, -0.15) is 0 Å². The van der Waals surface area contributed by atoms with Crippen molar-refractivity contribution >= 4 is 35.8 Å². The number of ether oxygens (including phenoxy) is 1. The predicted octanol–water partition coefficient (Wildman–Crippen LogP) is 5.29. The number of hydrogen-bond acceptors (Lipinski definition) is 7. The maximum atomic E-state index is 13.2. The zero-order chi connectivity index (χ0) is 37.9. The van der Waals surface area contributed by atoms with Crippen LogP contribution < -0.4 is 10.6 Å². The number of nitrogens with zero attached hydrogens (tertiary/aromatic N) is 2. The van der Waals surface area contributed by atoms with Gasteiger partial charge in [0.25, 0.3) is 0 Å². The van der Waals surface area contributed by atoms with E-state index in [1.807, 2.05) is 96.9 Å². The standard InChI is InChI=1S/C35H62N4O7.C2H6/c1-30(2,21-36-28(44)32(5,6)19-34(9,10)38(13)25(41)15-14-18-40)23-46-24-31(3,4)22-37-29(45)33(7,8)20-35(11,12)39-26(42)16-17-27(39)43;1-2/h18H,14-17,19-24H2,1-13H3,(H,36,44)(H,37,45);1-2H3. The van der Waals surface area contributed by atoms with E-state index in [0.717, 1.165) is 6.29 Å². The van der Waals surface area contributed by atoms with Crippen LogP contribution in [0.15, 0.2) is 0 Å². The first-order valence-corrected chi connectivity index (χ1v) is 17.4. The SMILES string of the molecule is CC.CN(C(=O)CCC=O)C(C)(C)CC(C)(C)C(=O)NCC(C)(C)COCC(C)(C)CNC(=O)C(C)(C)CC(C)(C)N1C(=O)CCC1=O. The number of nitrogens with one attached hydrogen (secondary N) is 2. The van der Waals surface area contributed by atoms with Gasteiger partial charge < -0.3 is 25.1 Å². The summed E-state index contributed by atoms with van der Waals surface area (Å²) >= 11 is 0. The molecule has 0 bridgehead atoms. The molecule has 0 aliphatic carbocycles. The van der Waals surface area contributed by atoms with Crippen molar-refractivity contribution in [3.8, 4) is 0 Å². The van der Waals surface area contributed by atoms with E-state index in [9.17, 15) is 28.8 Å². The molecule has 1 aliphatic rings. The van der Waals surface area contributed by atoms with Crippen LogP contribution in [0, 0.1) is 21.7 Å². The van der Waals surface area contributed by atoms with Crippen LogP contribution in [-0.2, 0) is 33.5 Å². The number of likely N-dealkylation sites (tertiary alicyclic amines) is 1. The summed E-state index contributed by atoms with van der Waals surface area (Å²) in [6, 6.07) is 0. The lowest BCUT2D eigenvalue weighted by molar-refractivity contribution is -0.147. The summed E-state index contributed by atoms with van der Waals surface area (Å²) in [7, 11) is 1.71. The Hall–Kier alpha value is -2.82. The quantitative estimate of drug-likeness (QED) is 0.139. The Morgan fingerprint density at radius 2 is 1.15 bits per heavy atom. The lowest BCUT2D eigenvalue weighted by Crippen LogP contribution is -2.52.